The maximum Gasteiger partial charge on any atom is 0.231 e. The molecule has 0 aromatic heterocycles. The lowest BCUT2D eigenvalue weighted by atomic mass is 10.0. The van der Waals surface area contributed by atoms with Crippen LogP contribution in [0, 0.1) is 0 Å². The van der Waals surface area contributed by atoms with Gasteiger partial charge in [0, 0.05) is 11.1 Å². The molecule has 0 atom stereocenters. The average molecular weight is 318 g/mol. The lowest BCUT2D eigenvalue weighted by Crippen LogP contribution is -2.01. The third-order valence-corrected chi connectivity index (χ3v) is 3.73. The van der Waals surface area contributed by atoms with Gasteiger partial charge in [-0.15, -0.1) is 0 Å². The van der Waals surface area contributed by atoms with Gasteiger partial charge in [-0.25, -0.2) is 0 Å². The molecule has 3 aromatic rings. The quantitative estimate of drug-likeness (QED) is 0.667. The number of ether oxygens (including phenoxy) is 3. The van der Waals surface area contributed by atoms with Crippen LogP contribution in [-0.2, 0) is 0 Å². The van der Waals surface area contributed by atoms with Gasteiger partial charge in [0.2, 0.25) is 6.79 Å². The van der Waals surface area contributed by atoms with Crippen molar-refractivity contribution in [2.75, 3.05) is 6.79 Å². The third-order valence-electron chi connectivity index (χ3n) is 3.73. The van der Waals surface area contributed by atoms with Crippen LogP contribution < -0.4 is 14.2 Å². The van der Waals surface area contributed by atoms with Gasteiger partial charge in [-0.05, 0) is 54.6 Å². The molecule has 24 heavy (non-hydrogen) atoms. The Morgan fingerprint density at radius 1 is 0.750 bits per heavy atom. The Hall–Kier alpha value is -3.27. The van der Waals surface area contributed by atoms with Crippen molar-refractivity contribution in [1.29, 1.82) is 0 Å². The van der Waals surface area contributed by atoms with Gasteiger partial charge in [0.1, 0.15) is 11.5 Å². The normalized spacial score (nSPS) is 12.0. The summed E-state index contributed by atoms with van der Waals surface area (Å²) < 4.78 is 16.3. The van der Waals surface area contributed by atoms with Crippen molar-refractivity contribution in [2.45, 2.75) is 0 Å². The molecule has 0 saturated carbocycles. The third kappa shape index (κ3) is 2.82. The fourth-order valence-corrected chi connectivity index (χ4v) is 2.50. The van der Waals surface area contributed by atoms with Crippen molar-refractivity contribution < 1.29 is 19.0 Å². The number of fused-ring (bicyclic) bond motifs is 1. The van der Waals surface area contributed by atoms with Gasteiger partial charge in [0.15, 0.2) is 17.3 Å². The van der Waals surface area contributed by atoms with E-state index in [1.165, 1.54) is 0 Å². The predicted molar refractivity (Wildman–Crippen MR) is 89.0 cm³/mol. The Labute approximate surface area is 139 Å². The molecule has 1 aliphatic rings. The molecule has 4 heteroatoms. The Kier molecular flexibility index (Phi) is 3.63. The van der Waals surface area contributed by atoms with E-state index in [-0.39, 0.29) is 12.6 Å². The molecule has 0 radical (unpaired) electrons. The molecule has 4 rings (SSSR count). The Morgan fingerprint density at radius 2 is 1.42 bits per heavy atom. The highest BCUT2D eigenvalue weighted by Crippen LogP contribution is 2.33. The summed E-state index contributed by atoms with van der Waals surface area (Å²) >= 11 is 0. The Bertz CT molecular complexity index is 870. The van der Waals surface area contributed by atoms with Gasteiger partial charge in [-0.2, -0.15) is 0 Å². The molecule has 0 bridgehead atoms. The zero-order valence-electron chi connectivity index (χ0n) is 12.8. The number of ketones is 1. The van der Waals surface area contributed by atoms with E-state index in [1.54, 1.807) is 42.5 Å². The first kappa shape index (κ1) is 14.3. The zero-order valence-corrected chi connectivity index (χ0v) is 12.8. The number of benzene rings is 3. The first-order chi connectivity index (χ1) is 11.8. The molecule has 0 amide bonds. The maximum atomic E-state index is 12.6. The number of hydrogen-bond acceptors (Lipinski definition) is 4. The van der Waals surface area contributed by atoms with E-state index in [0.717, 1.165) is 5.75 Å². The van der Waals surface area contributed by atoms with Crippen molar-refractivity contribution in [3.63, 3.8) is 0 Å². The summed E-state index contributed by atoms with van der Waals surface area (Å²) in [6, 6.07) is 21.8. The van der Waals surface area contributed by atoms with Crippen molar-refractivity contribution in [3.05, 3.63) is 83.9 Å². The topological polar surface area (TPSA) is 44.8 Å². The standard InChI is InChI=1S/C20H14O4/c21-20(15-8-11-18-19(12-15)23-13-22-18)14-6-9-17(10-7-14)24-16-4-2-1-3-5-16/h1-12H,13H2. The van der Waals surface area contributed by atoms with E-state index in [9.17, 15) is 4.79 Å². The molecular weight excluding hydrogens is 304 g/mol. The van der Waals surface area contributed by atoms with Gasteiger partial charge in [-0.3, -0.25) is 4.79 Å². The number of carbonyl (C=O) groups excluding carboxylic acids is 1. The number of carbonyl (C=O) groups is 1. The molecule has 4 nitrogen and oxygen atoms in total. The highest BCUT2D eigenvalue weighted by atomic mass is 16.7. The highest BCUT2D eigenvalue weighted by molar-refractivity contribution is 6.09. The fraction of sp³-hybridized carbons (Fsp3) is 0.0500. The predicted octanol–water partition coefficient (Wildman–Crippen LogP) is 4.44. The molecule has 0 N–H and O–H groups in total. The molecular formula is C20H14O4. The van der Waals surface area contributed by atoms with E-state index in [4.69, 9.17) is 14.2 Å². The first-order valence-electron chi connectivity index (χ1n) is 7.57. The van der Waals surface area contributed by atoms with Gasteiger partial charge in [0.25, 0.3) is 0 Å². The largest absolute Gasteiger partial charge is 0.457 e. The van der Waals surface area contributed by atoms with Crippen LogP contribution in [0.1, 0.15) is 15.9 Å². The van der Waals surface area contributed by atoms with Crippen LogP contribution in [0.4, 0.5) is 0 Å². The van der Waals surface area contributed by atoms with Crippen LogP contribution in [-0.4, -0.2) is 12.6 Å². The summed E-state index contributed by atoms with van der Waals surface area (Å²) in [6.07, 6.45) is 0. The molecule has 1 heterocycles. The van der Waals surface area contributed by atoms with E-state index in [1.807, 2.05) is 30.3 Å². The number of rotatable bonds is 4. The van der Waals surface area contributed by atoms with Crippen molar-refractivity contribution in [2.24, 2.45) is 0 Å². The van der Waals surface area contributed by atoms with Crippen LogP contribution in [0.3, 0.4) is 0 Å². The lowest BCUT2D eigenvalue weighted by molar-refractivity contribution is 0.103. The van der Waals surface area contributed by atoms with E-state index in [2.05, 4.69) is 0 Å². The summed E-state index contributed by atoms with van der Waals surface area (Å²) in [7, 11) is 0. The van der Waals surface area contributed by atoms with Gasteiger partial charge >= 0.3 is 0 Å². The van der Waals surface area contributed by atoms with E-state index < -0.39 is 0 Å². The molecule has 0 fully saturated rings. The minimum absolute atomic E-state index is 0.0699. The smallest absolute Gasteiger partial charge is 0.231 e. The minimum Gasteiger partial charge on any atom is -0.457 e. The lowest BCUT2D eigenvalue weighted by Gasteiger charge is -2.07. The molecule has 3 aromatic carbocycles. The first-order valence-corrected chi connectivity index (χ1v) is 7.57. The molecule has 0 aliphatic carbocycles. The second kappa shape index (κ2) is 6.08. The minimum atomic E-state index is -0.0699. The fourth-order valence-electron chi connectivity index (χ4n) is 2.50. The molecule has 0 saturated heterocycles. The van der Waals surface area contributed by atoms with Crippen molar-refractivity contribution >= 4 is 5.78 Å². The molecule has 0 unspecified atom stereocenters. The van der Waals surface area contributed by atoms with Crippen LogP contribution in [0.2, 0.25) is 0 Å². The van der Waals surface area contributed by atoms with Crippen molar-refractivity contribution in [1.82, 2.24) is 0 Å². The molecule has 0 spiro atoms. The summed E-state index contributed by atoms with van der Waals surface area (Å²) in [4.78, 5) is 12.6. The summed E-state index contributed by atoms with van der Waals surface area (Å²) in [5.74, 6) is 2.64. The van der Waals surface area contributed by atoms with Crippen LogP contribution in [0.15, 0.2) is 72.8 Å². The highest BCUT2D eigenvalue weighted by Gasteiger charge is 2.17. The van der Waals surface area contributed by atoms with Crippen LogP contribution in [0.5, 0.6) is 23.0 Å². The molecule has 1 aliphatic heterocycles. The second-order valence-corrected chi connectivity index (χ2v) is 5.34. The summed E-state index contributed by atoms with van der Waals surface area (Å²) in [5, 5.41) is 0. The number of hydrogen-bond donors (Lipinski definition) is 0. The SMILES string of the molecule is O=C(c1ccc(Oc2ccccc2)cc1)c1ccc2c(c1)OCO2. The summed E-state index contributed by atoms with van der Waals surface area (Å²) in [6.45, 7) is 0.193. The van der Waals surface area contributed by atoms with E-state index in [0.29, 0.717) is 28.4 Å². The van der Waals surface area contributed by atoms with Crippen molar-refractivity contribution in [3.8, 4) is 23.0 Å². The van der Waals surface area contributed by atoms with E-state index >= 15 is 0 Å². The Morgan fingerprint density at radius 3 is 2.21 bits per heavy atom. The average Bonchev–Trinajstić information content (AvgIpc) is 3.10. The van der Waals surface area contributed by atoms with Crippen LogP contribution in [0.25, 0.3) is 0 Å². The molecule has 118 valence electrons. The summed E-state index contributed by atoms with van der Waals surface area (Å²) in [5.41, 5.74) is 1.16. The van der Waals surface area contributed by atoms with Gasteiger partial charge in [-0.1, -0.05) is 18.2 Å². The van der Waals surface area contributed by atoms with Crippen LogP contribution >= 0.6 is 0 Å². The zero-order chi connectivity index (χ0) is 16.4. The second-order valence-electron chi connectivity index (χ2n) is 5.34. The monoisotopic (exact) mass is 318 g/mol. The maximum absolute atomic E-state index is 12.6. The number of para-hydroxylation sites is 1. The van der Waals surface area contributed by atoms with Gasteiger partial charge in [0.05, 0.1) is 0 Å². The van der Waals surface area contributed by atoms with Gasteiger partial charge < -0.3 is 14.2 Å². The Balaban J connectivity index is 1.53.